The van der Waals surface area contributed by atoms with Crippen LogP contribution in [0.3, 0.4) is 0 Å². The minimum atomic E-state index is -0.217. The van der Waals surface area contributed by atoms with Gasteiger partial charge in [0.2, 0.25) is 4.80 Å². The number of carbonyl (C=O) groups is 2. The van der Waals surface area contributed by atoms with E-state index in [1.165, 1.54) is 29.6 Å². The molecule has 148 valence electrons. The van der Waals surface area contributed by atoms with Crippen LogP contribution in [0.1, 0.15) is 11.3 Å². The lowest BCUT2D eigenvalue weighted by Gasteiger charge is -2.11. The number of rotatable bonds is 5. The van der Waals surface area contributed by atoms with Crippen molar-refractivity contribution < 1.29 is 14.3 Å². The summed E-state index contributed by atoms with van der Waals surface area (Å²) in [5.74, 6) is 0.333. The van der Waals surface area contributed by atoms with E-state index in [1.807, 2.05) is 64.5 Å². The monoisotopic (exact) mass is 415 g/mol. The van der Waals surface area contributed by atoms with Gasteiger partial charge in [-0.1, -0.05) is 18.2 Å². The van der Waals surface area contributed by atoms with Crippen molar-refractivity contribution in [3.63, 3.8) is 0 Å². The fourth-order valence-corrected chi connectivity index (χ4v) is 3.79. The van der Waals surface area contributed by atoms with Crippen LogP contribution in [-0.4, -0.2) is 29.5 Å². The molecule has 2 aromatic carbocycles. The fourth-order valence-electron chi connectivity index (χ4n) is 2.94. The van der Waals surface area contributed by atoms with E-state index in [0.717, 1.165) is 17.0 Å². The molecule has 0 saturated carbocycles. The van der Waals surface area contributed by atoms with Gasteiger partial charge in [0.05, 0.1) is 24.6 Å². The minimum Gasteiger partial charge on any atom is -0.497 e. The second-order valence-corrected chi connectivity index (χ2v) is 7.19. The van der Waals surface area contributed by atoms with Crippen LogP contribution >= 0.6 is 11.3 Å². The van der Waals surface area contributed by atoms with Crippen molar-refractivity contribution in [1.29, 1.82) is 0 Å². The predicted molar refractivity (Wildman–Crippen MR) is 117 cm³/mol. The van der Waals surface area contributed by atoms with Crippen molar-refractivity contribution in [2.45, 2.75) is 0 Å². The average molecular weight is 415 g/mol. The zero-order valence-corrected chi connectivity index (χ0v) is 16.9. The minimum absolute atomic E-state index is 0.216. The van der Waals surface area contributed by atoms with Crippen molar-refractivity contribution in [2.75, 3.05) is 7.11 Å². The molecule has 7 heteroatoms. The molecule has 3 aromatic rings. The molecule has 0 atom stereocenters. The van der Waals surface area contributed by atoms with Crippen LogP contribution in [0.4, 0.5) is 0 Å². The summed E-state index contributed by atoms with van der Waals surface area (Å²) in [6.45, 7) is 0. The maximum Gasteiger partial charge on any atom is 0.215 e. The number of allylic oxidation sites excluding steroid dienone is 4. The Morgan fingerprint density at radius 2 is 1.77 bits per heavy atom. The van der Waals surface area contributed by atoms with Gasteiger partial charge in [-0.25, -0.2) is 0 Å². The van der Waals surface area contributed by atoms with Crippen LogP contribution in [-0.2, 0) is 9.59 Å². The van der Waals surface area contributed by atoms with E-state index in [0.29, 0.717) is 16.1 Å². The summed E-state index contributed by atoms with van der Waals surface area (Å²) in [5, 5.41) is 10.4. The van der Waals surface area contributed by atoms with Gasteiger partial charge in [-0.3, -0.25) is 14.2 Å². The number of benzene rings is 2. The molecule has 0 spiro atoms. The van der Waals surface area contributed by atoms with Crippen molar-refractivity contribution in [3.05, 3.63) is 94.3 Å². The van der Waals surface area contributed by atoms with Gasteiger partial charge in [0.15, 0.2) is 11.6 Å². The highest BCUT2D eigenvalue weighted by molar-refractivity contribution is 7.07. The third-order valence-corrected chi connectivity index (χ3v) is 5.23. The molecule has 0 N–H and O–H groups in total. The number of ketones is 2. The lowest BCUT2D eigenvalue weighted by molar-refractivity contribution is -0.113. The normalized spacial score (nSPS) is 14.4. The molecule has 1 aromatic heterocycles. The zero-order valence-electron chi connectivity index (χ0n) is 16.1. The molecule has 0 saturated heterocycles. The Balaban J connectivity index is 1.77. The molecule has 4 rings (SSSR count). The third kappa shape index (κ3) is 4.11. The highest BCUT2D eigenvalue weighted by Crippen LogP contribution is 2.23. The van der Waals surface area contributed by atoms with Gasteiger partial charge in [-0.15, -0.1) is 16.4 Å². The van der Waals surface area contributed by atoms with Crippen LogP contribution in [0.15, 0.2) is 88.4 Å². The Morgan fingerprint density at radius 3 is 2.50 bits per heavy atom. The molecule has 1 aliphatic carbocycles. The predicted octanol–water partition coefficient (Wildman–Crippen LogP) is 3.57. The highest BCUT2D eigenvalue weighted by atomic mass is 32.1. The second-order valence-electron chi connectivity index (χ2n) is 6.35. The van der Waals surface area contributed by atoms with Gasteiger partial charge in [0, 0.05) is 11.1 Å². The molecular formula is C23H17N3O3S. The molecule has 30 heavy (non-hydrogen) atoms. The number of carbonyl (C=O) groups excluding carboxylic acids is 2. The fraction of sp³-hybridized carbons (Fsp3) is 0.0435. The molecule has 0 unspecified atom stereocenters. The van der Waals surface area contributed by atoms with Crippen molar-refractivity contribution >= 4 is 34.7 Å². The highest BCUT2D eigenvalue weighted by Gasteiger charge is 2.20. The Morgan fingerprint density at radius 1 is 1.00 bits per heavy atom. The van der Waals surface area contributed by atoms with Gasteiger partial charge >= 0.3 is 0 Å². The van der Waals surface area contributed by atoms with Crippen LogP contribution < -0.4 is 9.54 Å². The Bertz CT molecular complexity index is 1250. The molecule has 0 aliphatic heterocycles. The first kappa shape index (κ1) is 19.5. The molecule has 0 fully saturated rings. The molecule has 0 bridgehead atoms. The quantitative estimate of drug-likeness (QED) is 0.363. The van der Waals surface area contributed by atoms with Gasteiger partial charge < -0.3 is 4.74 Å². The Hall–Kier alpha value is -3.84. The first-order valence-corrected chi connectivity index (χ1v) is 9.99. The maximum atomic E-state index is 12.4. The van der Waals surface area contributed by atoms with E-state index in [1.54, 1.807) is 13.3 Å². The van der Waals surface area contributed by atoms with E-state index in [4.69, 9.17) is 4.74 Å². The van der Waals surface area contributed by atoms with E-state index < -0.39 is 0 Å². The van der Waals surface area contributed by atoms with E-state index in [-0.39, 0.29) is 11.6 Å². The SMILES string of the molecule is COc1ccc(/C=N/N=c2\scc(C3=CC(=O)C=CC3=O)n2-c2ccccc2)cc1. The van der Waals surface area contributed by atoms with Crippen molar-refractivity contribution in [3.8, 4) is 11.4 Å². The van der Waals surface area contributed by atoms with Crippen molar-refractivity contribution in [2.24, 2.45) is 10.2 Å². The summed E-state index contributed by atoms with van der Waals surface area (Å²) in [6.07, 6.45) is 5.57. The van der Waals surface area contributed by atoms with Gasteiger partial charge in [0.1, 0.15) is 5.75 Å². The summed E-state index contributed by atoms with van der Waals surface area (Å²) in [6, 6.07) is 17.0. The summed E-state index contributed by atoms with van der Waals surface area (Å²) in [5.41, 5.74) is 2.64. The molecule has 6 nitrogen and oxygen atoms in total. The number of aromatic nitrogens is 1. The van der Waals surface area contributed by atoms with E-state index in [2.05, 4.69) is 10.2 Å². The topological polar surface area (TPSA) is 73.0 Å². The standard InChI is InChI=1S/C23H17N3O3S/c1-29-19-10-7-16(8-11-19)14-24-25-23-26(17-5-3-2-4-6-17)21(15-30-23)20-13-18(27)9-12-22(20)28/h2-15H,1H3/b24-14+,25-23-. The number of para-hydroxylation sites is 1. The number of hydrogen-bond acceptors (Lipinski definition) is 6. The number of nitrogens with zero attached hydrogens (tertiary/aromatic N) is 3. The summed E-state index contributed by atoms with van der Waals surface area (Å²) in [7, 11) is 1.62. The number of methoxy groups -OCH3 is 1. The van der Waals surface area contributed by atoms with Crippen LogP contribution in [0.2, 0.25) is 0 Å². The maximum absolute atomic E-state index is 12.4. The Labute approximate surface area is 176 Å². The Kier molecular flexibility index (Phi) is 5.63. The lowest BCUT2D eigenvalue weighted by Crippen LogP contribution is -2.18. The van der Waals surface area contributed by atoms with E-state index in [9.17, 15) is 9.59 Å². The van der Waals surface area contributed by atoms with Gasteiger partial charge in [-0.05, 0) is 60.2 Å². The summed E-state index contributed by atoms with van der Waals surface area (Å²) >= 11 is 1.34. The van der Waals surface area contributed by atoms with Crippen LogP contribution in [0, 0.1) is 0 Å². The summed E-state index contributed by atoms with van der Waals surface area (Å²) < 4.78 is 6.98. The molecule has 1 aliphatic rings. The molecule has 0 amide bonds. The second kappa shape index (κ2) is 8.67. The largest absolute Gasteiger partial charge is 0.497 e. The van der Waals surface area contributed by atoms with E-state index >= 15 is 0 Å². The number of hydrogen-bond donors (Lipinski definition) is 0. The lowest BCUT2D eigenvalue weighted by atomic mass is 10.0. The summed E-state index contributed by atoms with van der Waals surface area (Å²) in [4.78, 5) is 24.8. The molecular weight excluding hydrogens is 398 g/mol. The average Bonchev–Trinajstić information content (AvgIpc) is 3.20. The number of ether oxygens (including phenoxy) is 1. The third-order valence-electron chi connectivity index (χ3n) is 4.42. The van der Waals surface area contributed by atoms with Crippen LogP contribution in [0.5, 0.6) is 5.75 Å². The number of thiazole rings is 1. The van der Waals surface area contributed by atoms with Crippen LogP contribution in [0.25, 0.3) is 11.3 Å². The molecule has 0 radical (unpaired) electrons. The molecule has 1 heterocycles. The van der Waals surface area contributed by atoms with Gasteiger partial charge in [0.25, 0.3) is 0 Å². The zero-order chi connectivity index (χ0) is 20.9. The smallest absolute Gasteiger partial charge is 0.215 e. The van der Waals surface area contributed by atoms with Gasteiger partial charge in [-0.2, -0.15) is 5.10 Å². The van der Waals surface area contributed by atoms with Crippen molar-refractivity contribution in [1.82, 2.24) is 4.57 Å². The first-order chi connectivity index (χ1) is 14.7. The first-order valence-electron chi connectivity index (χ1n) is 9.11.